The molecule has 1 fully saturated rings. The van der Waals surface area contributed by atoms with Gasteiger partial charge in [-0.05, 0) is 43.7 Å². The van der Waals surface area contributed by atoms with Gasteiger partial charge >= 0.3 is 0 Å². The molecule has 2 N–H and O–H groups in total. The van der Waals surface area contributed by atoms with Gasteiger partial charge < -0.3 is 5.32 Å². The zero-order valence-electron chi connectivity index (χ0n) is 15.6. The maximum Gasteiger partial charge on any atom is 0.241 e. The lowest BCUT2D eigenvalue weighted by molar-refractivity contribution is -0.125. The molecule has 0 saturated heterocycles. The molecule has 1 aromatic carbocycles. The molecule has 1 saturated carbocycles. The Morgan fingerprint density at radius 3 is 2.28 bits per heavy atom. The molecule has 0 spiro atoms. The Labute approximate surface area is 151 Å². The monoisotopic (exact) mass is 366 g/mol. The van der Waals surface area contributed by atoms with Gasteiger partial charge in [-0.25, -0.2) is 8.42 Å². The summed E-state index contributed by atoms with van der Waals surface area (Å²) in [4.78, 5) is 12.9. The fourth-order valence-electron chi connectivity index (χ4n) is 3.25. The lowest BCUT2D eigenvalue weighted by atomic mass is 9.85. The number of benzene rings is 1. The number of carbonyl (C=O) groups is 1. The van der Waals surface area contributed by atoms with E-state index >= 15 is 0 Å². The molecule has 1 aromatic rings. The fourth-order valence-corrected chi connectivity index (χ4v) is 4.59. The zero-order chi connectivity index (χ0) is 18.6. The summed E-state index contributed by atoms with van der Waals surface area (Å²) in [5.41, 5.74) is 0.989. The van der Waals surface area contributed by atoms with E-state index in [9.17, 15) is 13.2 Å². The smallest absolute Gasteiger partial charge is 0.241 e. The van der Waals surface area contributed by atoms with Gasteiger partial charge in [-0.15, -0.1) is 0 Å². The second-order valence-electron chi connectivity index (χ2n) is 7.53. The molecule has 5 nitrogen and oxygen atoms in total. The SMILES string of the molecule is Cc1ccc(S(=O)(=O)N[C@H](C(=O)NC2CCCCC2C)C(C)C)cc1. The molecule has 0 heterocycles. The van der Waals surface area contributed by atoms with Gasteiger partial charge in [-0.1, -0.05) is 51.3 Å². The first kappa shape index (κ1) is 19.9. The minimum absolute atomic E-state index is 0.131. The highest BCUT2D eigenvalue weighted by Gasteiger charge is 2.31. The predicted molar refractivity (Wildman–Crippen MR) is 99.7 cm³/mol. The van der Waals surface area contributed by atoms with Crippen LogP contribution >= 0.6 is 0 Å². The maximum absolute atomic E-state index is 12.7. The Kier molecular flexibility index (Phi) is 6.63. The lowest BCUT2D eigenvalue weighted by Gasteiger charge is -2.32. The van der Waals surface area contributed by atoms with E-state index in [1.54, 1.807) is 24.3 Å². The molecule has 2 rings (SSSR count). The Balaban J connectivity index is 2.11. The van der Waals surface area contributed by atoms with Crippen molar-refractivity contribution in [3.05, 3.63) is 29.8 Å². The maximum atomic E-state index is 12.7. The summed E-state index contributed by atoms with van der Waals surface area (Å²) in [6.45, 7) is 7.75. The van der Waals surface area contributed by atoms with Crippen LogP contribution in [-0.2, 0) is 14.8 Å². The minimum Gasteiger partial charge on any atom is -0.352 e. The molecule has 2 unspecified atom stereocenters. The normalized spacial score (nSPS) is 22.6. The number of carbonyl (C=O) groups excluding carboxylic acids is 1. The molecule has 0 aliphatic heterocycles. The van der Waals surface area contributed by atoms with Gasteiger partial charge in [0.15, 0.2) is 0 Å². The van der Waals surface area contributed by atoms with Crippen LogP contribution in [0.3, 0.4) is 0 Å². The minimum atomic E-state index is -3.73. The molecule has 140 valence electrons. The van der Waals surface area contributed by atoms with Gasteiger partial charge in [0.05, 0.1) is 4.90 Å². The summed E-state index contributed by atoms with van der Waals surface area (Å²) in [6.07, 6.45) is 4.37. The average Bonchev–Trinajstić information content (AvgIpc) is 2.55. The highest BCUT2D eigenvalue weighted by atomic mass is 32.2. The van der Waals surface area contributed by atoms with Gasteiger partial charge in [-0.2, -0.15) is 4.72 Å². The van der Waals surface area contributed by atoms with Crippen molar-refractivity contribution in [2.75, 3.05) is 0 Å². The second-order valence-corrected chi connectivity index (χ2v) is 9.25. The van der Waals surface area contributed by atoms with Gasteiger partial charge in [0.1, 0.15) is 6.04 Å². The number of nitrogens with one attached hydrogen (secondary N) is 2. The third-order valence-corrected chi connectivity index (χ3v) is 6.46. The number of rotatable bonds is 6. The van der Waals surface area contributed by atoms with Crippen molar-refractivity contribution in [2.45, 2.75) is 70.4 Å². The van der Waals surface area contributed by atoms with E-state index < -0.39 is 16.1 Å². The van der Waals surface area contributed by atoms with E-state index in [2.05, 4.69) is 17.0 Å². The van der Waals surface area contributed by atoms with E-state index in [1.807, 2.05) is 20.8 Å². The van der Waals surface area contributed by atoms with E-state index in [0.29, 0.717) is 5.92 Å². The van der Waals surface area contributed by atoms with Crippen LogP contribution in [0.15, 0.2) is 29.2 Å². The summed E-state index contributed by atoms with van der Waals surface area (Å²) in [7, 11) is -3.73. The Morgan fingerprint density at radius 2 is 1.72 bits per heavy atom. The summed E-state index contributed by atoms with van der Waals surface area (Å²) >= 11 is 0. The number of aryl methyl sites for hydroxylation is 1. The molecule has 1 aliphatic rings. The topological polar surface area (TPSA) is 75.3 Å². The van der Waals surface area contributed by atoms with Crippen molar-refractivity contribution >= 4 is 15.9 Å². The number of amides is 1. The summed E-state index contributed by atoms with van der Waals surface area (Å²) in [6, 6.07) is 5.99. The quantitative estimate of drug-likeness (QED) is 0.813. The van der Waals surface area contributed by atoms with Crippen LogP contribution in [0.2, 0.25) is 0 Å². The first-order valence-electron chi connectivity index (χ1n) is 9.10. The lowest BCUT2D eigenvalue weighted by Crippen LogP contribution is -2.53. The zero-order valence-corrected chi connectivity index (χ0v) is 16.4. The molecule has 3 atom stereocenters. The molecule has 0 radical (unpaired) electrons. The van der Waals surface area contributed by atoms with Gasteiger partial charge in [0, 0.05) is 6.04 Å². The average molecular weight is 367 g/mol. The van der Waals surface area contributed by atoms with Crippen LogP contribution in [0, 0.1) is 18.8 Å². The third-order valence-electron chi connectivity index (χ3n) is 5.00. The number of hydrogen-bond acceptors (Lipinski definition) is 3. The van der Waals surface area contributed by atoms with E-state index in [-0.39, 0.29) is 22.8 Å². The largest absolute Gasteiger partial charge is 0.352 e. The molecule has 1 aliphatic carbocycles. The Morgan fingerprint density at radius 1 is 1.12 bits per heavy atom. The van der Waals surface area contributed by atoms with Crippen molar-refractivity contribution in [3.63, 3.8) is 0 Å². The molecule has 0 aromatic heterocycles. The van der Waals surface area contributed by atoms with Crippen LogP contribution in [-0.4, -0.2) is 26.4 Å². The Hall–Kier alpha value is -1.40. The summed E-state index contributed by atoms with van der Waals surface area (Å²) < 4.78 is 27.8. The highest BCUT2D eigenvalue weighted by molar-refractivity contribution is 7.89. The third kappa shape index (κ3) is 5.28. The van der Waals surface area contributed by atoms with Crippen LogP contribution in [0.5, 0.6) is 0 Å². The Bertz CT molecular complexity index is 683. The highest BCUT2D eigenvalue weighted by Crippen LogP contribution is 2.24. The first-order valence-corrected chi connectivity index (χ1v) is 10.6. The molecule has 25 heavy (non-hydrogen) atoms. The fraction of sp³-hybridized carbons (Fsp3) is 0.632. The van der Waals surface area contributed by atoms with E-state index in [1.165, 1.54) is 6.42 Å². The van der Waals surface area contributed by atoms with Gasteiger partial charge in [0.25, 0.3) is 0 Å². The number of hydrogen-bond donors (Lipinski definition) is 2. The molecular weight excluding hydrogens is 336 g/mol. The van der Waals surface area contributed by atoms with Crippen LogP contribution < -0.4 is 10.0 Å². The molecule has 0 bridgehead atoms. The van der Waals surface area contributed by atoms with Crippen LogP contribution in [0.25, 0.3) is 0 Å². The van der Waals surface area contributed by atoms with Crippen molar-refractivity contribution < 1.29 is 13.2 Å². The molecule has 6 heteroatoms. The van der Waals surface area contributed by atoms with Gasteiger partial charge in [-0.3, -0.25) is 4.79 Å². The van der Waals surface area contributed by atoms with Crippen molar-refractivity contribution in [3.8, 4) is 0 Å². The standard InChI is InChI=1S/C19H30N2O3S/c1-13(2)18(19(22)20-17-8-6-5-7-15(17)4)21-25(23,24)16-11-9-14(3)10-12-16/h9-13,15,17-18,21H,5-8H2,1-4H3,(H,20,22)/t15?,17?,18-/m0/s1. The first-order chi connectivity index (χ1) is 11.7. The summed E-state index contributed by atoms with van der Waals surface area (Å²) in [5, 5.41) is 3.07. The predicted octanol–water partition coefficient (Wildman–Crippen LogP) is 2.99. The van der Waals surface area contributed by atoms with Crippen molar-refractivity contribution in [1.29, 1.82) is 0 Å². The number of sulfonamides is 1. The van der Waals surface area contributed by atoms with Crippen LogP contribution in [0.4, 0.5) is 0 Å². The second kappa shape index (κ2) is 8.32. The van der Waals surface area contributed by atoms with Crippen LogP contribution in [0.1, 0.15) is 52.0 Å². The molecular formula is C19H30N2O3S. The van der Waals surface area contributed by atoms with Crippen molar-refractivity contribution in [2.24, 2.45) is 11.8 Å². The molecule has 1 amide bonds. The van der Waals surface area contributed by atoms with Gasteiger partial charge in [0.2, 0.25) is 15.9 Å². The van der Waals surface area contributed by atoms with E-state index in [4.69, 9.17) is 0 Å². The summed E-state index contributed by atoms with van der Waals surface area (Å²) in [5.74, 6) is 0.0581. The van der Waals surface area contributed by atoms with E-state index in [0.717, 1.165) is 24.8 Å². The van der Waals surface area contributed by atoms with Crippen molar-refractivity contribution in [1.82, 2.24) is 10.0 Å².